The van der Waals surface area contributed by atoms with E-state index in [0.717, 1.165) is 76.3 Å². The van der Waals surface area contributed by atoms with Crippen LogP contribution in [-0.2, 0) is 14.3 Å². The summed E-state index contributed by atoms with van der Waals surface area (Å²) in [4.78, 5) is 43.6. The van der Waals surface area contributed by atoms with Crippen molar-refractivity contribution in [3.63, 3.8) is 0 Å². The van der Waals surface area contributed by atoms with Gasteiger partial charge >= 0.3 is 17.1 Å². The van der Waals surface area contributed by atoms with E-state index < -0.39 is 81.3 Å². The number of hydrogen-bond donors (Lipinski definition) is 7. The number of carbonyl (C=O) groups excluding carboxylic acids is 1. The number of unbranched alkanes of at least 4 members (excludes halogenated alkanes) is 19. The number of hydrogen-bond acceptors (Lipinski definition) is 15. The van der Waals surface area contributed by atoms with Gasteiger partial charge in [0.05, 0.1) is 40.1 Å². The highest BCUT2D eigenvalue weighted by atomic mass is 16.7. The van der Waals surface area contributed by atoms with Crippen molar-refractivity contribution in [2.45, 2.75) is 191 Å². The van der Waals surface area contributed by atoms with Crippen LogP contribution in [0.5, 0.6) is 0 Å². The number of nitro benzene ring substituents is 3. The zero-order chi connectivity index (χ0) is 45.0. The van der Waals surface area contributed by atoms with Crippen molar-refractivity contribution in [2.24, 2.45) is 0 Å². The van der Waals surface area contributed by atoms with Gasteiger partial charge in [0.1, 0.15) is 24.4 Å². The van der Waals surface area contributed by atoms with Gasteiger partial charge in [-0.15, -0.1) is 0 Å². The van der Waals surface area contributed by atoms with Gasteiger partial charge in [0.15, 0.2) is 6.29 Å². The summed E-state index contributed by atoms with van der Waals surface area (Å²) in [5, 5.41) is 90.7. The van der Waals surface area contributed by atoms with E-state index in [9.17, 15) is 60.7 Å². The second-order valence-electron chi connectivity index (χ2n) is 15.9. The summed E-state index contributed by atoms with van der Waals surface area (Å²) >= 11 is 0. The molecule has 0 spiro atoms. The van der Waals surface area contributed by atoms with Crippen molar-refractivity contribution >= 4 is 28.7 Å². The first-order chi connectivity index (χ1) is 29.3. The Kier molecular flexibility index (Phi) is 27.1. The van der Waals surface area contributed by atoms with Crippen LogP contribution in [0.4, 0.5) is 22.7 Å². The molecule has 0 radical (unpaired) electrons. The lowest BCUT2D eigenvalue weighted by Crippen LogP contribution is -2.60. The summed E-state index contributed by atoms with van der Waals surface area (Å²) in [5.74, 6) is -0.285. The molecule has 1 saturated heterocycles. The van der Waals surface area contributed by atoms with Gasteiger partial charge in [0.2, 0.25) is 5.91 Å². The average molecular weight is 870 g/mol. The predicted molar refractivity (Wildman–Crippen MR) is 229 cm³/mol. The normalized spacial score (nSPS) is 20.1. The third kappa shape index (κ3) is 20.7. The maximum Gasteiger partial charge on any atom is 0.422 e. The van der Waals surface area contributed by atoms with Crippen LogP contribution in [0.15, 0.2) is 24.3 Å². The number of aliphatic hydroxyl groups is 5. The maximum absolute atomic E-state index is 13.0. The van der Waals surface area contributed by atoms with Crippen LogP contribution in [-0.4, -0.2) is 109 Å². The van der Waals surface area contributed by atoms with Gasteiger partial charge in [-0.1, -0.05) is 128 Å². The lowest BCUT2D eigenvalue weighted by Gasteiger charge is -2.40. The fourth-order valence-electron chi connectivity index (χ4n) is 7.26. The lowest BCUT2D eigenvalue weighted by atomic mass is 9.99. The minimum atomic E-state index is -1.62. The molecule has 1 heterocycles. The molecule has 0 saturated carbocycles. The molecule has 2 rings (SSSR count). The van der Waals surface area contributed by atoms with E-state index in [1.807, 2.05) is 6.08 Å². The summed E-state index contributed by atoms with van der Waals surface area (Å²) in [6, 6.07) is 0.963. The molecule has 348 valence electrons. The van der Waals surface area contributed by atoms with E-state index >= 15 is 0 Å². The Morgan fingerprint density at radius 2 is 1.26 bits per heavy atom. The second-order valence-corrected chi connectivity index (χ2v) is 15.9. The smallest absolute Gasteiger partial charge is 0.394 e. The van der Waals surface area contributed by atoms with Gasteiger partial charge < -0.3 is 45.6 Å². The molecule has 7 atom stereocenters. The van der Waals surface area contributed by atoms with Crippen molar-refractivity contribution in [3.05, 3.63) is 54.6 Å². The molecular weight excluding hydrogens is 798 g/mol. The van der Waals surface area contributed by atoms with E-state index in [4.69, 9.17) is 9.47 Å². The maximum atomic E-state index is 13.0. The van der Waals surface area contributed by atoms with Gasteiger partial charge in [-0.3, -0.25) is 35.1 Å². The van der Waals surface area contributed by atoms with Crippen molar-refractivity contribution in [2.75, 3.05) is 25.1 Å². The van der Waals surface area contributed by atoms with Crippen molar-refractivity contribution in [3.8, 4) is 0 Å². The predicted octanol–water partition coefficient (Wildman–Crippen LogP) is 6.64. The highest BCUT2D eigenvalue weighted by Crippen LogP contribution is 2.39. The number of carbonyl (C=O) groups is 1. The first-order valence-corrected chi connectivity index (χ1v) is 22.2. The van der Waals surface area contributed by atoms with Crippen LogP contribution in [0.25, 0.3) is 0 Å². The third-order valence-electron chi connectivity index (χ3n) is 10.9. The summed E-state index contributed by atoms with van der Waals surface area (Å²) < 4.78 is 11.1. The topological polar surface area (TPSA) is 290 Å². The Bertz CT molecular complexity index is 1430. The number of allylic oxidation sites excluding steroid dienone is 1. The summed E-state index contributed by atoms with van der Waals surface area (Å²) in [6.07, 6.45) is 17.3. The van der Waals surface area contributed by atoms with Crippen LogP contribution < -0.4 is 10.6 Å². The quantitative estimate of drug-likeness (QED) is 0.0163. The molecule has 0 bridgehead atoms. The second kappa shape index (κ2) is 31.1. The fourth-order valence-corrected chi connectivity index (χ4v) is 7.26. The van der Waals surface area contributed by atoms with Crippen molar-refractivity contribution in [1.29, 1.82) is 0 Å². The zero-order valence-corrected chi connectivity index (χ0v) is 35.8. The van der Waals surface area contributed by atoms with Crippen LogP contribution in [0.3, 0.4) is 0 Å². The molecular formula is C42H71N5O14. The standard InChI is InChI=1S/C42H71N5O14/c1-2-3-4-5-6-7-8-9-10-12-15-18-21-24-35(49)32(30-60-42-41(53)40(52)39(51)36(29-48)61-42)44-37(50)25-22-19-16-13-11-14-17-20-23-26-43-31-27-33(45(54)55)38(47(58)59)34(28-31)46(56)57/h21,24,27-28,32,35-36,39-43,48-49,51-53H,2-20,22-23,25-26,29-30H2,1H3,(H,44,50)/b24-21+/t32-,35+,36+,39+,40-,41+,42+/m0/s1. The van der Waals surface area contributed by atoms with Gasteiger partial charge in [-0.2, -0.15) is 0 Å². The molecule has 0 aromatic heterocycles. The van der Waals surface area contributed by atoms with E-state index in [1.54, 1.807) is 6.08 Å². The molecule has 19 nitrogen and oxygen atoms in total. The number of amides is 1. The monoisotopic (exact) mass is 869 g/mol. The number of nitrogens with one attached hydrogen (secondary N) is 2. The SMILES string of the molecule is CCCCCCCCCCCCC/C=C/[C@@H](O)[C@H](CO[C@@H]1O[C@H](CO)[C@@H](O)[C@H](O)[C@H]1O)NC(=O)CCCCCCCCCCCNc1cc([N+](=O)[O-])c([N+](=O)[O-])c([N+](=O)[O-])c1. The Hall–Kier alpha value is -3.85. The Labute approximate surface area is 358 Å². The molecule has 19 heteroatoms. The van der Waals surface area contributed by atoms with Crippen molar-refractivity contribution < 1.29 is 54.6 Å². The Morgan fingerprint density at radius 3 is 1.77 bits per heavy atom. The largest absolute Gasteiger partial charge is 0.422 e. The average Bonchev–Trinajstić information content (AvgIpc) is 3.23. The summed E-state index contributed by atoms with van der Waals surface area (Å²) in [7, 11) is 0. The molecule has 1 aliphatic rings. The number of nitro groups is 3. The molecule has 1 aromatic carbocycles. The van der Waals surface area contributed by atoms with Crippen LogP contribution in [0.2, 0.25) is 0 Å². The molecule has 61 heavy (non-hydrogen) atoms. The molecule has 1 fully saturated rings. The van der Waals surface area contributed by atoms with E-state index in [1.165, 1.54) is 57.8 Å². The van der Waals surface area contributed by atoms with E-state index in [2.05, 4.69) is 17.6 Å². The van der Waals surface area contributed by atoms with Gasteiger partial charge in [-0.25, -0.2) is 0 Å². The zero-order valence-electron chi connectivity index (χ0n) is 35.8. The first kappa shape index (κ1) is 53.3. The third-order valence-corrected chi connectivity index (χ3v) is 10.9. The number of ether oxygens (including phenoxy) is 2. The minimum absolute atomic E-state index is 0.0626. The van der Waals surface area contributed by atoms with Gasteiger partial charge in [0.25, 0.3) is 0 Å². The molecule has 0 aliphatic carbocycles. The van der Waals surface area contributed by atoms with Crippen molar-refractivity contribution in [1.82, 2.24) is 5.32 Å². The number of nitrogens with zero attached hydrogens (tertiary/aromatic N) is 3. The highest BCUT2D eigenvalue weighted by molar-refractivity contribution is 5.76. The summed E-state index contributed by atoms with van der Waals surface area (Å²) in [5.41, 5.74) is -2.98. The van der Waals surface area contributed by atoms with E-state index in [0.29, 0.717) is 19.4 Å². The fraction of sp³-hybridized carbons (Fsp3) is 0.786. The van der Waals surface area contributed by atoms with E-state index in [-0.39, 0.29) is 24.6 Å². The minimum Gasteiger partial charge on any atom is -0.394 e. The number of anilines is 1. The summed E-state index contributed by atoms with van der Waals surface area (Å²) in [6.45, 7) is 1.72. The first-order valence-electron chi connectivity index (χ1n) is 22.2. The number of rotatable bonds is 35. The molecule has 0 unspecified atom stereocenters. The number of benzene rings is 1. The van der Waals surface area contributed by atoms with Gasteiger partial charge in [0, 0.05) is 30.8 Å². The molecule has 7 N–H and O–H groups in total. The Balaban J connectivity index is 1.71. The van der Waals surface area contributed by atoms with Crippen LogP contribution >= 0.6 is 0 Å². The number of aliphatic hydroxyl groups excluding tert-OH is 5. The molecule has 1 aliphatic heterocycles. The highest BCUT2D eigenvalue weighted by Gasteiger charge is 2.44. The van der Waals surface area contributed by atoms with Crippen LogP contribution in [0.1, 0.15) is 148 Å². The van der Waals surface area contributed by atoms with Crippen LogP contribution in [0, 0.1) is 30.3 Å². The molecule has 1 amide bonds. The van der Waals surface area contributed by atoms with Gasteiger partial charge in [-0.05, 0) is 25.7 Å². The molecule has 1 aromatic rings. The Morgan fingerprint density at radius 1 is 0.754 bits per heavy atom. The lowest BCUT2D eigenvalue weighted by molar-refractivity contribution is -0.440.